The Kier molecular flexibility index (Phi) is 4.23. The highest BCUT2D eigenvalue weighted by molar-refractivity contribution is 9.10. The topological polar surface area (TPSA) is 40.5 Å². The highest BCUT2D eigenvalue weighted by Gasteiger charge is 2.34. The second kappa shape index (κ2) is 5.51. The van der Waals surface area contributed by atoms with E-state index in [4.69, 9.17) is 0 Å². The maximum absolute atomic E-state index is 9.67. The van der Waals surface area contributed by atoms with Crippen molar-refractivity contribution in [2.45, 2.75) is 38.2 Å². The Morgan fingerprint density at radius 1 is 1.29 bits per heavy atom. The summed E-state index contributed by atoms with van der Waals surface area (Å²) in [5.41, 5.74) is 1.23. The van der Waals surface area contributed by atoms with E-state index in [2.05, 4.69) is 28.1 Å². The second-order valence-electron chi connectivity index (χ2n) is 5.20. The lowest BCUT2D eigenvalue weighted by atomic mass is 9.70. The monoisotopic (exact) mass is 298 g/mol. The van der Waals surface area contributed by atoms with Crippen LogP contribution in [0.15, 0.2) is 28.7 Å². The normalized spacial score (nSPS) is 29.2. The molecule has 0 aliphatic heterocycles. The predicted octanol–water partition coefficient (Wildman–Crippen LogP) is 2.91. The van der Waals surface area contributed by atoms with Crippen LogP contribution < -0.4 is 0 Å². The van der Waals surface area contributed by atoms with E-state index in [9.17, 15) is 10.2 Å². The first-order valence-electron chi connectivity index (χ1n) is 6.17. The summed E-state index contributed by atoms with van der Waals surface area (Å²) in [7, 11) is 0. The summed E-state index contributed by atoms with van der Waals surface area (Å²) in [6, 6.07) is 8.26. The van der Waals surface area contributed by atoms with E-state index >= 15 is 0 Å². The number of aliphatic hydroxyl groups is 2. The number of rotatable bonds is 3. The van der Waals surface area contributed by atoms with Gasteiger partial charge >= 0.3 is 0 Å². The van der Waals surface area contributed by atoms with Gasteiger partial charge < -0.3 is 10.2 Å². The molecule has 0 heterocycles. The molecule has 0 atom stereocenters. The molecule has 0 saturated heterocycles. The molecule has 0 radical (unpaired) electrons. The fraction of sp³-hybridized carbons (Fsp3) is 0.571. The van der Waals surface area contributed by atoms with Gasteiger partial charge in [-0.2, -0.15) is 0 Å². The minimum Gasteiger partial charge on any atom is -0.396 e. The van der Waals surface area contributed by atoms with E-state index in [1.54, 1.807) is 0 Å². The van der Waals surface area contributed by atoms with Gasteiger partial charge in [0.1, 0.15) is 0 Å². The first-order chi connectivity index (χ1) is 8.13. The minimum absolute atomic E-state index is 0.0278. The summed E-state index contributed by atoms with van der Waals surface area (Å²) < 4.78 is 1.08. The van der Waals surface area contributed by atoms with Crippen LogP contribution in [-0.2, 0) is 6.42 Å². The maximum atomic E-state index is 9.67. The van der Waals surface area contributed by atoms with Crippen molar-refractivity contribution < 1.29 is 10.2 Å². The van der Waals surface area contributed by atoms with Gasteiger partial charge in [0.2, 0.25) is 0 Å². The first-order valence-corrected chi connectivity index (χ1v) is 6.96. The standard InChI is InChI=1S/C14H19BrO2/c15-12-3-1-2-11(8-12)9-14(10-16)6-4-13(17)5-7-14/h1-3,8,13,16-17H,4-7,9-10H2. The molecule has 0 amide bonds. The highest BCUT2D eigenvalue weighted by atomic mass is 79.9. The molecule has 0 spiro atoms. The molecule has 1 aromatic carbocycles. The molecule has 2 nitrogen and oxygen atoms in total. The van der Waals surface area contributed by atoms with Crippen LogP contribution in [0.5, 0.6) is 0 Å². The van der Waals surface area contributed by atoms with E-state index in [-0.39, 0.29) is 18.1 Å². The quantitative estimate of drug-likeness (QED) is 0.901. The number of hydrogen-bond donors (Lipinski definition) is 2. The van der Waals surface area contributed by atoms with Crippen LogP contribution in [0.1, 0.15) is 31.2 Å². The Balaban J connectivity index is 2.09. The fourth-order valence-electron chi connectivity index (χ4n) is 2.69. The molecule has 3 heteroatoms. The molecule has 1 aliphatic rings. The van der Waals surface area contributed by atoms with Gasteiger partial charge in [-0.15, -0.1) is 0 Å². The van der Waals surface area contributed by atoms with Crippen LogP contribution >= 0.6 is 15.9 Å². The van der Waals surface area contributed by atoms with Gasteiger partial charge in [-0.05, 0) is 55.2 Å². The van der Waals surface area contributed by atoms with Crippen molar-refractivity contribution >= 4 is 15.9 Å². The third kappa shape index (κ3) is 3.30. The average molecular weight is 299 g/mol. The van der Waals surface area contributed by atoms with E-state index < -0.39 is 0 Å². The van der Waals surface area contributed by atoms with Crippen LogP contribution in [0.2, 0.25) is 0 Å². The summed E-state index contributed by atoms with van der Waals surface area (Å²) >= 11 is 3.47. The zero-order chi connectivity index (χ0) is 12.3. The summed E-state index contributed by atoms with van der Waals surface area (Å²) in [6.07, 6.45) is 4.19. The van der Waals surface area contributed by atoms with Gasteiger partial charge in [0.05, 0.1) is 6.10 Å². The lowest BCUT2D eigenvalue weighted by molar-refractivity contribution is 0.0242. The lowest BCUT2D eigenvalue weighted by Gasteiger charge is -2.37. The van der Waals surface area contributed by atoms with Gasteiger partial charge in [-0.1, -0.05) is 28.1 Å². The Morgan fingerprint density at radius 3 is 2.59 bits per heavy atom. The van der Waals surface area contributed by atoms with Gasteiger partial charge in [-0.3, -0.25) is 0 Å². The van der Waals surface area contributed by atoms with Crippen LogP contribution in [0, 0.1) is 5.41 Å². The van der Waals surface area contributed by atoms with Crippen LogP contribution in [0.3, 0.4) is 0 Å². The first kappa shape index (κ1) is 13.1. The third-order valence-electron chi connectivity index (χ3n) is 3.82. The molecule has 1 fully saturated rings. The molecular formula is C14H19BrO2. The number of aliphatic hydroxyl groups excluding tert-OH is 2. The Bertz CT molecular complexity index is 370. The summed E-state index contributed by atoms with van der Waals surface area (Å²) in [4.78, 5) is 0. The van der Waals surface area contributed by atoms with Gasteiger partial charge in [0.15, 0.2) is 0 Å². The van der Waals surface area contributed by atoms with E-state index in [1.807, 2.05) is 12.1 Å². The smallest absolute Gasteiger partial charge is 0.0540 e. The molecule has 2 rings (SSSR count). The SMILES string of the molecule is OCC1(Cc2cccc(Br)c2)CCC(O)CC1. The Labute approximate surface area is 111 Å². The number of hydrogen-bond acceptors (Lipinski definition) is 2. The number of benzene rings is 1. The Hall–Kier alpha value is -0.380. The molecule has 94 valence electrons. The zero-order valence-corrected chi connectivity index (χ0v) is 11.5. The fourth-order valence-corrected chi connectivity index (χ4v) is 3.13. The molecule has 0 bridgehead atoms. The Morgan fingerprint density at radius 2 is 2.00 bits per heavy atom. The van der Waals surface area contributed by atoms with E-state index in [0.717, 1.165) is 36.6 Å². The summed E-state index contributed by atoms with van der Waals surface area (Å²) in [5.74, 6) is 0. The molecule has 1 saturated carbocycles. The maximum Gasteiger partial charge on any atom is 0.0540 e. The van der Waals surface area contributed by atoms with Crippen LogP contribution in [-0.4, -0.2) is 22.9 Å². The molecule has 0 unspecified atom stereocenters. The van der Waals surface area contributed by atoms with E-state index in [1.165, 1.54) is 5.56 Å². The van der Waals surface area contributed by atoms with Crippen molar-refractivity contribution in [2.75, 3.05) is 6.61 Å². The summed E-state index contributed by atoms with van der Waals surface area (Å²) in [5, 5.41) is 19.2. The van der Waals surface area contributed by atoms with Crippen molar-refractivity contribution in [3.63, 3.8) is 0 Å². The van der Waals surface area contributed by atoms with Crippen molar-refractivity contribution in [1.82, 2.24) is 0 Å². The molecular weight excluding hydrogens is 280 g/mol. The zero-order valence-electron chi connectivity index (χ0n) is 9.90. The van der Waals surface area contributed by atoms with E-state index in [0.29, 0.717) is 0 Å². The minimum atomic E-state index is -0.169. The van der Waals surface area contributed by atoms with Crippen LogP contribution in [0.4, 0.5) is 0 Å². The van der Waals surface area contributed by atoms with Gasteiger partial charge in [-0.25, -0.2) is 0 Å². The van der Waals surface area contributed by atoms with Crippen LogP contribution in [0.25, 0.3) is 0 Å². The van der Waals surface area contributed by atoms with Gasteiger partial charge in [0.25, 0.3) is 0 Å². The molecule has 1 aromatic rings. The average Bonchev–Trinajstić information content (AvgIpc) is 2.33. The lowest BCUT2D eigenvalue weighted by Crippen LogP contribution is -2.34. The third-order valence-corrected chi connectivity index (χ3v) is 4.31. The van der Waals surface area contributed by atoms with Crippen molar-refractivity contribution in [1.29, 1.82) is 0 Å². The largest absolute Gasteiger partial charge is 0.396 e. The summed E-state index contributed by atoms with van der Waals surface area (Å²) in [6.45, 7) is 0.215. The predicted molar refractivity (Wildman–Crippen MR) is 71.8 cm³/mol. The molecule has 2 N–H and O–H groups in total. The molecule has 1 aliphatic carbocycles. The van der Waals surface area contributed by atoms with Gasteiger partial charge in [0, 0.05) is 11.1 Å². The molecule has 0 aromatic heterocycles. The van der Waals surface area contributed by atoms with Crippen molar-refractivity contribution in [3.05, 3.63) is 34.3 Å². The number of halogens is 1. The second-order valence-corrected chi connectivity index (χ2v) is 6.11. The van der Waals surface area contributed by atoms with Crippen molar-refractivity contribution in [3.8, 4) is 0 Å². The van der Waals surface area contributed by atoms with Crippen molar-refractivity contribution in [2.24, 2.45) is 5.41 Å². The highest BCUT2D eigenvalue weighted by Crippen LogP contribution is 2.39. The molecule has 17 heavy (non-hydrogen) atoms.